The van der Waals surface area contributed by atoms with E-state index in [0.29, 0.717) is 5.75 Å². The predicted octanol–water partition coefficient (Wildman–Crippen LogP) is 4.00. The molecule has 0 aromatic heterocycles. The summed E-state index contributed by atoms with van der Waals surface area (Å²) in [6, 6.07) is 3.86. The van der Waals surface area contributed by atoms with Gasteiger partial charge in [0.15, 0.2) is 0 Å². The third-order valence-corrected chi connectivity index (χ3v) is 2.92. The summed E-state index contributed by atoms with van der Waals surface area (Å²) in [4.78, 5) is 0. The van der Waals surface area contributed by atoms with Crippen LogP contribution in [-0.4, -0.2) is 5.11 Å². The summed E-state index contributed by atoms with van der Waals surface area (Å²) in [7, 11) is 0. The van der Waals surface area contributed by atoms with E-state index < -0.39 is 0 Å². The number of hydrogen-bond donors (Lipinski definition) is 1. The number of phenolic OH excluding ortho intramolecular Hbond substituents is 1. The van der Waals surface area contributed by atoms with Crippen LogP contribution in [0.3, 0.4) is 0 Å². The Balaban J connectivity index is 3.01. The molecule has 0 aliphatic carbocycles. The molecular formula is C14H22O. The van der Waals surface area contributed by atoms with E-state index >= 15 is 0 Å². The summed E-state index contributed by atoms with van der Waals surface area (Å²) in [5, 5.41) is 9.87. The second-order valence-electron chi connectivity index (χ2n) is 4.21. The minimum Gasteiger partial charge on any atom is -0.508 e. The molecule has 1 rings (SSSR count). The second kappa shape index (κ2) is 5.79. The lowest BCUT2D eigenvalue weighted by Crippen LogP contribution is -1.98. The lowest BCUT2D eigenvalue weighted by Gasteiger charge is -2.13. The van der Waals surface area contributed by atoms with Crippen LogP contribution in [-0.2, 0) is 12.8 Å². The predicted molar refractivity (Wildman–Crippen MR) is 65.5 cm³/mol. The van der Waals surface area contributed by atoms with E-state index in [4.69, 9.17) is 0 Å². The molecule has 0 heterocycles. The Kier molecular flexibility index (Phi) is 4.67. The number of aromatic hydroxyl groups is 1. The summed E-state index contributed by atoms with van der Waals surface area (Å²) in [5.41, 5.74) is 3.87. The Labute approximate surface area is 93.1 Å². The molecule has 0 unspecified atom stereocenters. The van der Waals surface area contributed by atoms with Crippen molar-refractivity contribution in [2.45, 2.75) is 52.9 Å². The number of aryl methyl sites for hydroxylation is 1. The standard InChI is InChI=1S/C14H22O/c1-4-6-8-13-12(7-5-2)11(3)9-10-14(13)15/h9-10,15H,4-8H2,1-3H3. The van der Waals surface area contributed by atoms with Crippen molar-refractivity contribution in [1.29, 1.82) is 0 Å². The highest BCUT2D eigenvalue weighted by atomic mass is 16.3. The van der Waals surface area contributed by atoms with Gasteiger partial charge in [-0.1, -0.05) is 32.8 Å². The first-order valence-electron chi connectivity index (χ1n) is 6.01. The van der Waals surface area contributed by atoms with Gasteiger partial charge in [-0.2, -0.15) is 0 Å². The maximum absolute atomic E-state index is 9.87. The average molecular weight is 206 g/mol. The van der Waals surface area contributed by atoms with Gasteiger partial charge in [-0.15, -0.1) is 0 Å². The number of unbranched alkanes of at least 4 members (excludes halogenated alkanes) is 1. The fourth-order valence-electron chi connectivity index (χ4n) is 2.03. The zero-order valence-electron chi connectivity index (χ0n) is 10.1. The van der Waals surface area contributed by atoms with Gasteiger partial charge in [0.05, 0.1) is 0 Å². The van der Waals surface area contributed by atoms with Crippen molar-refractivity contribution in [2.75, 3.05) is 0 Å². The molecule has 0 fully saturated rings. The minimum atomic E-state index is 0.484. The van der Waals surface area contributed by atoms with Crippen LogP contribution in [0.2, 0.25) is 0 Å². The van der Waals surface area contributed by atoms with Crippen molar-refractivity contribution in [3.8, 4) is 5.75 Å². The molecule has 84 valence electrons. The maximum atomic E-state index is 9.87. The average Bonchev–Trinajstić information content (AvgIpc) is 2.23. The van der Waals surface area contributed by atoms with Crippen molar-refractivity contribution >= 4 is 0 Å². The maximum Gasteiger partial charge on any atom is 0.119 e. The topological polar surface area (TPSA) is 20.2 Å². The molecular weight excluding hydrogens is 184 g/mol. The van der Waals surface area contributed by atoms with E-state index in [0.717, 1.165) is 25.7 Å². The van der Waals surface area contributed by atoms with Crippen molar-refractivity contribution in [3.63, 3.8) is 0 Å². The molecule has 0 aliphatic rings. The van der Waals surface area contributed by atoms with Gasteiger partial charge < -0.3 is 5.11 Å². The van der Waals surface area contributed by atoms with E-state index in [2.05, 4.69) is 20.8 Å². The monoisotopic (exact) mass is 206 g/mol. The third-order valence-electron chi connectivity index (χ3n) is 2.92. The summed E-state index contributed by atoms with van der Waals surface area (Å²) >= 11 is 0. The summed E-state index contributed by atoms with van der Waals surface area (Å²) in [6.07, 6.45) is 5.58. The molecule has 0 amide bonds. The van der Waals surface area contributed by atoms with Crippen LogP contribution in [0.5, 0.6) is 5.75 Å². The van der Waals surface area contributed by atoms with Gasteiger partial charge in [0.25, 0.3) is 0 Å². The van der Waals surface area contributed by atoms with Crippen LogP contribution in [0.1, 0.15) is 49.8 Å². The summed E-state index contributed by atoms with van der Waals surface area (Å²) in [6.45, 7) is 6.51. The van der Waals surface area contributed by atoms with Crippen molar-refractivity contribution in [2.24, 2.45) is 0 Å². The van der Waals surface area contributed by atoms with Crippen molar-refractivity contribution in [1.82, 2.24) is 0 Å². The Morgan fingerprint density at radius 1 is 1.00 bits per heavy atom. The molecule has 1 aromatic rings. The van der Waals surface area contributed by atoms with Crippen LogP contribution >= 0.6 is 0 Å². The molecule has 0 bridgehead atoms. The molecule has 0 spiro atoms. The largest absolute Gasteiger partial charge is 0.508 e. The Morgan fingerprint density at radius 2 is 1.73 bits per heavy atom. The Hall–Kier alpha value is -0.980. The fraction of sp³-hybridized carbons (Fsp3) is 0.571. The van der Waals surface area contributed by atoms with Gasteiger partial charge in [-0.3, -0.25) is 0 Å². The molecule has 1 heteroatoms. The molecule has 0 saturated carbocycles. The van der Waals surface area contributed by atoms with E-state index in [9.17, 15) is 5.11 Å². The number of rotatable bonds is 5. The van der Waals surface area contributed by atoms with E-state index in [-0.39, 0.29) is 0 Å². The highest BCUT2D eigenvalue weighted by molar-refractivity contribution is 5.44. The van der Waals surface area contributed by atoms with Gasteiger partial charge in [0, 0.05) is 0 Å². The Bertz CT molecular complexity index is 315. The Morgan fingerprint density at radius 3 is 2.33 bits per heavy atom. The quantitative estimate of drug-likeness (QED) is 0.772. The molecule has 0 aliphatic heterocycles. The van der Waals surface area contributed by atoms with Crippen molar-refractivity contribution in [3.05, 3.63) is 28.8 Å². The normalized spacial score (nSPS) is 10.6. The molecule has 0 radical (unpaired) electrons. The highest BCUT2D eigenvalue weighted by Crippen LogP contribution is 2.27. The first kappa shape index (κ1) is 12.1. The zero-order chi connectivity index (χ0) is 11.3. The lowest BCUT2D eigenvalue weighted by atomic mass is 9.94. The highest BCUT2D eigenvalue weighted by Gasteiger charge is 2.09. The van der Waals surface area contributed by atoms with Gasteiger partial charge in [0.1, 0.15) is 5.75 Å². The third kappa shape index (κ3) is 2.98. The number of hydrogen-bond acceptors (Lipinski definition) is 1. The number of phenols is 1. The van der Waals surface area contributed by atoms with Gasteiger partial charge >= 0.3 is 0 Å². The van der Waals surface area contributed by atoms with E-state index in [1.165, 1.54) is 23.1 Å². The van der Waals surface area contributed by atoms with Gasteiger partial charge in [0.2, 0.25) is 0 Å². The molecule has 1 aromatic carbocycles. The smallest absolute Gasteiger partial charge is 0.119 e. The summed E-state index contributed by atoms with van der Waals surface area (Å²) in [5.74, 6) is 0.484. The first-order chi connectivity index (χ1) is 7.20. The molecule has 1 nitrogen and oxygen atoms in total. The van der Waals surface area contributed by atoms with Crippen LogP contribution in [0.15, 0.2) is 12.1 Å². The van der Waals surface area contributed by atoms with Gasteiger partial charge in [-0.25, -0.2) is 0 Å². The second-order valence-corrected chi connectivity index (χ2v) is 4.21. The summed E-state index contributed by atoms with van der Waals surface area (Å²) < 4.78 is 0. The first-order valence-corrected chi connectivity index (χ1v) is 6.01. The SMILES string of the molecule is CCCCc1c(O)ccc(C)c1CCC. The van der Waals surface area contributed by atoms with E-state index in [1.54, 1.807) is 0 Å². The molecule has 15 heavy (non-hydrogen) atoms. The van der Waals surface area contributed by atoms with E-state index in [1.807, 2.05) is 12.1 Å². The van der Waals surface area contributed by atoms with Crippen LogP contribution in [0.25, 0.3) is 0 Å². The molecule has 0 atom stereocenters. The van der Waals surface area contributed by atoms with Crippen molar-refractivity contribution < 1.29 is 5.11 Å². The van der Waals surface area contributed by atoms with Gasteiger partial charge in [-0.05, 0) is 48.9 Å². The fourth-order valence-corrected chi connectivity index (χ4v) is 2.03. The zero-order valence-corrected chi connectivity index (χ0v) is 10.1. The van der Waals surface area contributed by atoms with Crippen LogP contribution < -0.4 is 0 Å². The molecule has 1 N–H and O–H groups in total. The van der Waals surface area contributed by atoms with Crippen LogP contribution in [0, 0.1) is 6.92 Å². The van der Waals surface area contributed by atoms with Crippen LogP contribution in [0.4, 0.5) is 0 Å². The lowest BCUT2D eigenvalue weighted by molar-refractivity contribution is 0.465. The molecule has 0 saturated heterocycles. The minimum absolute atomic E-state index is 0.484. The number of benzene rings is 1.